The number of rotatable bonds is 5. The summed E-state index contributed by atoms with van der Waals surface area (Å²) in [5.41, 5.74) is 1.18. The second kappa shape index (κ2) is 10.3. The fourth-order valence-electron chi connectivity index (χ4n) is 4.04. The molecule has 1 aliphatic carbocycles. The number of nitrogens with one attached hydrogen (secondary N) is 2. The van der Waals surface area contributed by atoms with Crippen LogP contribution in [0.5, 0.6) is 0 Å². The van der Waals surface area contributed by atoms with Crippen molar-refractivity contribution in [2.75, 3.05) is 39.1 Å². The van der Waals surface area contributed by atoms with Crippen molar-refractivity contribution in [3.05, 3.63) is 23.9 Å². The zero-order chi connectivity index (χ0) is 17.6. The molecule has 0 amide bonds. The number of nitrogens with zero attached hydrogens (tertiary/aromatic N) is 4. The summed E-state index contributed by atoms with van der Waals surface area (Å²) in [5, 5.41) is 7.05. The molecule has 26 heavy (non-hydrogen) atoms. The number of aromatic nitrogens is 1. The van der Waals surface area contributed by atoms with Gasteiger partial charge in [-0.25, -0.2) is 4.98 Å². The van der Waals surface area contributed by atoms with Crippen molar-refractivity contribution in [1.82, 2.24) is 20.5 Å². The van der Waals surface area contributed by atoms with Crippen LogP contribution < -0.4 is 15.5 Å². The Hall–Kier alpha value is -1.09. The summed E-state index contributed by atoms with van der Waals surface area (Å²) < 4.78 is 0. The van der Waals surface area contributed by atoms with E-state index in [1.54, 1.807) is 0 Å². The van der Waals surface area contributed by atoms with Crippen LogP contribution in [-0.2, 0) is 6.54 Å². The van der Waals surface area contributed by atoms with E-state index in [0.29, 0.717) is 6.04 Å². The molecule has 3 rings (SSSR count). The fourth-order valence-corrected chi connectivity index (χ4v) is 4.04. The van der Waals surface area contributed by atoms with Crippen LogP contribution in [0.1, 0.15) is 37.7 Å². The number of anilines is 1. The van der Waals surface area contributed by atoms with E-state index < -0.39 is 0 Å². The van der Waals surface area contributed by atoms with E-state index in [4.69, 9.17) is 0 Å². The molecule has 0 spiro atoms. The Kier molecular flexibility index (Phi) is 8.40. The van der Waals surface area contributed by atoms with E-state index in [1.165, 1.54) is 44.2 Å². The van der Waals surface area contributed by atoms with Crippen LogP contribution in [0.25, 0.3) is 0 Å². The lowest BCUT2D eigenvalue weighted by atomic mass is 10.2. The predicted molar refractivity (Wildman–Crippen MR) is 120 cm³/mol. The first kappa shape index (κ1) is 21.2. The van der Waals surface area contributed by atoms with E-state index >= 15 is 0 Å². The van der Waals surface area contributed by atoms with Gasteiger partial charge in [0, 0.05) is 64.6 Å². The minimum Gasteiger partial charge on any atom is -0.362 e. The van der Waals surface area contributed by atoms with Gasteiger partial charge in [-0.15, -0.1) is 24.0 Å². The van der Waals surface area contributed by atoms with Crippen LogP contribution in [0, 0.1) is 0 Å². The zero-order valence-corrected chi connectivity index (χ0v) is 18.6. The van der Waals surface area contributed by atoms with Crippen LogP contribution in [-0.4, -0.2) is 62.2 Å². The number of likely N-dealkylation sites (tertiary alicyclic amines) is 1. The molecule has 1 aromatic heterocycles. The number of pyridine rings is 1. The quantitative estimate of drug-likeness (QED) is 0.392. The molecule has 2 heterocycles. The monoisotopic (exact) mass is 472 g/mol. The first-order valence-electron chi connectivity index (χ1n) is 9.50. The molecule has 0 aromatic carbocycles. The molecular formula is C19H33IN6. The Labute approximate surface area is 174 Å². The molecule has 2 aliphatic rings. The Balaban J connectivity index is 0.00000243. The summed E-state index contributed by atoms with van der Waals surface area (Å²) in [5.74, 6) is 1.88. The van der Waals surface area contributed by atoms with E-state index in [2.05, 4.69) is 31.6 Å². The van der Waals surface area contributed by atoms with Crippen molar-refractivity contribution in [2.24, 2.45) is 4.99 Å². The number of guanidine groups is 1. The third-order valence-electron chi connectivity index (χ3n) is 5.36. The number of hydrogen-bond donors (Lipinski definition) is 2. The van der Waals surface area contributed by atoms with E-state index in [-0.39, 0.29) is 24.0 Å². The lowest BCUT2D eigenvalue weighted by Gasteiger charge is -2.24. The first-order chi connectivity index (χ1) is 12.2. The molecule has 1 aromatic rings. The van der Waals surface area contributed by atoms with Crippen molar-refractivity contribution >= 4 is 35.8 Å². The molecule has 1 aliphatic heterocycles. The van der Waals surface area contributed by atoms with Crippen molar-refractivity contribution < 1.29 is 0 Å². The highest BCUT2D eigenvalue weighted by Crippen LogP contribution is 2.26. The highest BCUT2D eigenvalue weighted by Gasteiger charge is 2.30. The molecule has 2 fully saturated rings. The maximum Gasteiger partial charge on any atom is 0.191 e. The number of halogens is 1. The summed E-state index contributed by atoms with van der Waals surface area (Å²) in [7, 11) is 5.89. The van der Waals surface area contributed by atoms with E-state index in [9.17, 15) is 0 Å². The van der Waals surface area contributed by atoms with Gasteiger partial charge in [-0.1, -0.05) is 18.9 Å². The van der Waals surface area contributed by atoms with Gasteiger partial charge in [0.25, 0.3) is 0 Å². The highest BCUT2D eigenvalue weighted by molar-refractivity contribution is 14.0. The van der Waals surface area contributed by atoms with Crippen molar-refractivity contribution in [1.29, 1.82) is 0 Å². The minimum atomic E-state index is 0. The second-order valence-electron chi connectivity index (χ2n) is 7.37. The van der Waals surface area contributed by atoms with Crippen molar-refractivity contribution in [3.63, 3.8) is 0 Å². The average molecular weight is 472 g/mol. The van der Waals surface area contributed by atoms with E-state index in [1.807, 2.05) is 38.3 Å². The molecule has 1 saturated carbocycles. The van der Waals surface area contributed by atoms with Gasteiger partial charge >= 0.3 is 0 Å². The Bertz CT molecular complexity index is 585. The van der Waals surface area contributed by atoms with Crippen LogP contribution in [0.4, 0.5) is 5.82 Å². The zero-order valence-electron chi connectivity index (χ0n) is 16.2. The maximum atomic E-state index is 4.46. The van der Waals surface area contributed by atoms with Crippen LogP contribution in [0.2, 0.25) is 0 Å². The van der Waals surface area contributed by atoms with Gasteiger partial charge in [-0.3, -0.25) is 9.89 Å². The topological polar surface area (TPSA) is 55.8 Å². The molecule has 1 saturated heterocycles. The maximum absolute atomic E-state index is 4.46. The lowest BCUT2D eigenvalue weighted by Crippen LogP contribution is -2.45. The molecule has 6 nitrogen and oxygen atoms in total. The summed E-state index contributed by atoms with van der Waals surface area (Å²) in [6.07, 6.45) is 8.61. The summed E-state index contributed by atoms with van der Waals surface area (Å²) in [6, 6.07) is 5.41. The fraction of sp³-hybridized carbons (Fsp3) is 0.684. The Morgan fingerprint density at radius 1 is 1.31 bits per heavy atom. The van der Waals surface area contributed by atoms with Gasteiger partial charge in [0.05, 0.1) is 0 Å². The molecule has 1 atom stereocenters. The molecule has 146 valence electrons. The smallest absolute Gasteiger partial charge is 0.191 e. The van der Waals surface area contributed by atoms with Crippen LogP contribution >= 0.6 is 24.0 Å². The standard InChI is InChI=1S/C19H32N6.HI/c1-20-19(22-13-15-7-6-11-21-18(15)24(2)3)23-16-10-12-25(14-16)17-8-4-5-9-17;/h6-7,11,16-17H,4-5,8-10,12-14H2,1-3H3,(H2,20,22,23);1H. The van der Waals surface area contributed by atoms with Crippen molar-refractivity contribution in [3.8, 4) is 0 Å². The third-order valence-corrected chi connectivity index (χ3v) is 5.36. The summed E-state index contributed by atoms with van der Waals surface area (Å²) >= 11 is 0. The SMILES string of the molecule is CN=C(NCc1cccnc1N(C)C)NC1CCN(C2CCCC2)C1.I. The Morgan fingerprint density at radius 3 is 2.77 bits per heavy atom. The predicted octanol–water partition coefficient (Wildman–Crippen LogP) is 2.45. The first-order valence-corrected chi connectivity index (χ1v) is 9.50. The van der Waals surface area contributed by atoms with Gasteiger partial charge in [-0.2, -0.15) is 0 Å². The molecule has 1 unspecified atom stereocenters. The molecular weight excluding hydrogens is 439 g/mol. The molecule has 0 radical (unpaired) electrons. The number of aliphatic imine (C=N–C) groups is 1. The Morgan fingerprint density at radius 2 is 2.08 bits per heavy atom. The molecule has 7 heteroatoms. The second-order valence-corrected chi connectivity index (χ2v) is 7.37. The number of hydrogen-bond acceptors (Lipinski definition) is 4. The van der Waals surface area contributed by atoms with Gasteiger partial charge < -0.3 is 15.5 Å². The average Bonchev–Trinajstić information content (AvgIpc) is 3.30. The van der Waals surface area contributed by atoms with Crippen LogP contribution in [0.3, 0.4) is 0 Å². The highest BCUT2D eigenvalue weighted by atomic mass is 127. The van der Waals surface area contributed by atoms with Gasteiger partial charge in [-0.05, 0) is 25.3 Å². The van der Waals surface area contributed by atoms with Crippen molar-refractivity contribution in [2.45, 2.75) is 50.7 Å². The van der Waals surface area contributed by atoms with Gasteiger partial charge in [0.2, 0.25) is 0 Å². The van der Waals surface area contributed by atoms with Gasteiger partial charge in [0.1, 0.15) is 5.82 Å². The van der Waals surface area contributed by atoms with Crippen LogP contribution in [0.15, 0.2) is 23.3 Å². The minimum absolute atomic E-state index is 0. The van der Waals surface area contributed by atoms with Gasteiger partial charge in [0.15, 0.2) is 5.96 Å². The third kappa shape index (κ3) is 5.45. The summed E-state index contributed by atoms with van der Waals surface area (Å²) in [6.45, 7) is 3.08. The lowest BCUT2D eigenvalue weighted by molar-refractivity contribution is 0.242. The molecule has 0 bridgehead atoms. The van der Waals surface area contributed by atoms with E-state index in [0.717, 1.165) is 30.9 Å². The normalized spacial score (nSPS) is 21.5. The summed E-state index contributed by atoms with van der Waals surface area (Å²) in [4.78, 5) is 13.6. The largest absolute Gasteiger partial charge is 0.362 e. The molecule has 2 N–H and O–H groups in total.